The largest absolute Gasteiger partial charge is 0.480 e. The first kappa shape index (κ1) is 9.14. The van der Waals surface area contributed by atoms with Crippen molar-refractivity contribution >= 4 is 5.97 Å². The summed E-state index contributed by atoms with van der Waals surface area (Å²) in [5.74, 6) is 0.768. The van der Waals surface area contributed by atoms with E-state index < -0.39 is 5.97 Å². The van der Waals surface area contributed by atoms with Gasteiger partial charge in [-0.2, -0.15) is 4.98 Å². The molecule has 1 heterocycles. The van der Waals surface area contributed by atoms with E-state index in [9.17, 15) is 4.79 Å². The average molecular weight is 197 g/mol. The van der Waals surface area contributed by atoms with E-state index in [1.165, 1.54) is 0 Å². The van der Waals surface area contributed by atoms with Gasteiger partial charge in [-0.25, -0.2) is 0 Å². The van der Waals surface area contributed by atoms with Crippen LogP contribution in [0.3, 0.4) is 0 Å². The number of aromatic nitrogens is 2. The van der Waals surface area contributed by atoms with Crippen LogP contribution in [0.5, 0.6) is 0 Å². The van der Waals surface area contributed by atoms with Gasteiger partial charge in [-0.15, -0.1) is 0 Å². The van der Waals surface area contributed by atoms with Crippen LogP contribution in [0.2, 0.25) is 0 Å². The molecular formula is C8H11N3O3. The summed E-state index contributed by atoms with van der Waals surface area (Å²) in [6.07, 6.45) is 2.25. The number of nitrogens with one attached hydrogen (secondary N) is 1. The molecule has 0 aromatic carbocycles. The first-order valence-corrected chi connectivity index (χ1v) is 4.50. The van der Waals surface area contributed by atoms with Gasteiger partial charge in [0.2, 0.25) is 5.89 Å². The molecule has 1 aromatic heterocycles. The zero-order chi connectivity index (χ0) is 9.97. The van der Waals surface area contributed by atoms with Gasteiger partial charge < -0.3 is 9.63 Å². The summed E-state index contributed by atoms with van der Waals surface area (Å²) in [5, 5.41) is 14.8. The number of carbonyl (C=O) groups is 1. The van der Waals surface area contributed by atoms with Crippen LogP contribution >= 0.6 is 0 Å². The van der Waals surface area contributed by atoms with E-state index in [4.69, 9.17) is 9.63 Å². The Balaban J connectivity index is 1.80. The highest BCUT2D eigenvalue weighted by atomic mass is 16.5. The van der Waals surface area contributed by atoms with Crippen molar-refractivity contribution in [3.05, 3.63) is 11.7 Å². The van der Waals surface area contributed by atoms with Crippen molar-refractivity contribution < 1.29 is 14.4 Å². The Morgan fingerprint density at radius 3 is 3.07 bits per heavy atom. The summed E-state index contributed by atoms with van der Waals surface area (Å²) in [4.78, 5) is 14.3. The molecule has 0 bridgehead atoms. The predicted molar refractivity (Wildman–Crippen MR) is 45.6 cm³/mol. The van der Waals surface area contributed by atoms with Gasteiger partial charge in [-0.05, 0) is 12.8 Å². The maximum atomic E-state index is 10.2. The number of nitrogens with zero attached hydrogens (tertiary/aromatic N) is 2. The fourth-order valence-corrected chi connectivity index (χ4v) is 1.12. The Morgan fingerprint density at radius 1 is 1.64 bits per heavy atom. The predicted octanol–water partition coefficient (Wildman–Crippen LogP) is 0.121. The van der Waals surface area contributed by atoms with E-state index in [-0.39, 0.29) is 6.54 Å². The van der Waals surface area contributed by atoms with E-state index in [1.807, 2.05) is 0 Å². The molecule has 1 aliphatic rings. The highest BCUT2D eigenvalue weighted by molar-refractivity contribution is 5.68. The van der Waals surface area contributed by atoms with E-state index in [0.717, 1.165) is 18.7 Å². The van der Waals surface area contributed by atoms with Crippen molar-refractivity contribution in [1.82, 2.24) is 15.5 Å². The lowest BCUT2D eigenvalue weighted by Gasteiger charge is -1.94. The smallest absolute Gasteiger partial charge is 0.317 e. The van der Waals surface area contributed by atoms with E-state index >= 15 is 0 Å². The fourth-order valence-electron chi connectivity index (χ4n) is 1.12. The monoisotopic (exact) mass is 197 g/mol. The third-order valence-corrected chi connectivity index (χ3v) is 1.98. The van der Waals surface area contributed by atoms with Gasteiger partial charge in [0.1, 0.15) is 0 Å². The van der Waals surface area contributed by atoms with Crippen LogP contribution in [0, 0.1) is 0 Å². The van der Waals surface area contributed by atoms with Gasteiger partial charge in [-0.3, -0.25) is 10.1 Å². The van der Waals surface area contributed by atoms with Gasteiger partial charge in [0.25, 0.3) is 0 Å². The second-order valence-corrected chi connectivity index (χ2v) is 3.32. The second kappa shape index (κ2) is 3.75. The minimum atomic E-state index is -0.896. The molecule has 0 saturated heterocycles. The third kappa shape index (κ3) is 2.29. The van der Waals surface area contributed by atoms with E-state index in [0.29, 0.717) is 18.4 Å². The molecule has 0 aliphatic heterocycles. The lowest BCUT2D eigenvalue weighted by molar-refractivity contribution is -0.136. The maximum Gasteiger partial charge on any atom is 0.317 e. The molecule has 0 spiro atoms. The first-order valence-electron chi connectivity index (χ1n) is 4.50. The molecule has 6 nitrogen and oxygen atoms in total. The Hall–Kier alpha value is -1.43. The quantitative estimate of drug-likeness (QED) is 0.697. The molecule has 0 amide bonds. The van der Waals surface area contributed by atoms with Crippen LogP contribution in [-0.2, 0) is 11.3 Å². The normalized spacial score (nSPS) is 15.7. The van der Waals surface area contributed by atoms with Gasteiger partial charge >= 0.3 is 5.97 Å². The molecule has 1 saturated carbocycles. The maximum absolute atomic E-state index is 10.2. The molecule has 1 aromatic rings. The molecule has 1 aliphatic carbocycles. The summed E-state index contributed by atoms with van der Waals surface area (Å²) in [6, 6.07) is 0. The first-order chi connectivity index (χ1) is 6.75. The summed E-state index contributed by atoms with van der Waals surface area (Å²) >= 11 is 0. The summed E-state index contributed by atoms with van der Waals surface area (Å²) < 4.78 is 4.93. The topological polar surface area (TPSA) is 88.2 Å². The standard InChI is InChI=1S/C8H11N3O3/c12-7(13)4-9-3-6-10-8(11-14-6)5-1-2-5/h5,9H,1-4H2,(H,12,13). The van der Waals surface area contributed by atoms with Crippen molar-refractivity contribution in [2.24, 2.45) is 0 Å². The number of hydrogen-bond donors (Lipinski definition) is 2. The molecule has 0 atom stereocenters. The number of aliphatic carboxylic acids is 1. The molecule has 2 rings (SSSR count). The molecule has 6 heteroatoms. The number of carboxylic acid groups (broad SMARTS) is 1. The van der Waals surface area contributed by atoms with Gasteiger partial charge in [0.05, 0.1) is 13.1 Å². The van der Waals surface area contributed by atoms with Crippen LogP contribution in [0.25, 0.3) is 0 Å². The van der Waals surface area contributed by atoms with Crippen molar-refractivity contribution in [2.45, 2.75) is 25.3 Å². The lowest BCUT2D eigenvalue weighted by atomic mass is 10.4. The third-order valence-electron chi connectivity index (χ3n) is 1.98. The fraction of sp³-hybridized carbons (Fsp3) is 0.625. The van der Waals surface area contributed by atoms with Gasteiger partial charge in [0.15, 0.2) is 5.82 Å². The van der Waals surface area contributed by atoms with Crippen LogP contribution in [-0.4, -0.2) is 27.8 Å². The van der Waals surface area contributed by atoms with Crippen molar-refractivity contribution in [3.8, 4) is 0 Å². The zero-order valence-corrected chi connectivity index (χ0v) is 7.56. The summed E-state index contributed by atoms with van der Waals surface area (Å²) in [7, 11) is 0. The van der Waals surface area contributed by atoms with Gasteiger partial charge in [0, 0.05) is 5.92 Å². The van der Waals surface area contributed by atoms with E-state index in [1.54, 1.807) is 0 Å². The van der Waals surface area contributed by atoms with Crippen LogP contribution in [0.15, 0.2) is 4.52 Å². The average Bonchev–Trinajstić information content (AvgIpc) is 2.87. The highest BCUT2D eigenvalue weighted by Crippen LogP contribution is 2.37. The second-order valence-electron chi connectivity index (χ2n) is 3.32. The van der Waals surface area contributed by atoms with E-state index in [2.05, 4.69) is 15.5 Å². The summed E-state index contributed by atoms with van der Waals surface area (Å²) in [6.45, 7) is 0.215. The minimum absolute atomic E-state index is 0.0961. The lowest BCUT2D eigenvalue weighted by Crippen LogP contribution is -2.21. The Labute approximate surface area is 80.3 Å². The zero-order valence-electron chi connectivity index (χ0n) is 7.56. The SMILES string of the molecule is O=C(O)CNCc1nc(C2CC2)no1. The van der Waals surface area contributed by atoms with Crippen LogP contribution in [0.4, 0.5) is 0 Å². The number of hydrogen-bond acceptors (Lipinski definition) is 5. The molecular weight excluding hydrogens is 186 g/mol. The molecule has 2 N–H and O–H groups in total. The summed E-state index contributed by atoms with van der Waals surface area (Å²) in [5.41, 5.74) is 0. The number of carboxylic acids is 1. The van der Waals surface area contributed by atoms with Crippen molar-refractivity contribution in [3.63, 3.8) is 0 Å². The van der Waals surface area contributed by atoms with Crippen LogP contribution < -0.4 is 5.32 Å². The van der Waals surface area contributed by atoms with Crippen LogP contribution in [0.1, 0.15) is 30.5 Å². The highest BCUT2D eigenvalue weighted by Gasteiger charge is 2.28. The molecule has 14 heavy (non-hydrogen) atoms. The molecule has 0 radical (unpaired) electrons. The molecule has 0 unspecified atom stereocenters. The molecule has 76 valence electrons. The van der Waals surface area contributed by atoms with Gasteiger partial charge in [-0.1, -0.05) is 5.16 Å². The number of rotatable bonds is 5. The Morgan fingerprint density at radius 2 is 2.43 bits per heavy atom. The Bertz CT molecular complexity index is 332. The Kier molecular flexibility index (Phi) is 2.45. The molecule has 1 fully saturated rings. The minimum Gasteiger partial charge on any atom is -0.480 e. The van der Waals surface area contributed by atoms with Crippen molar-refractivity contribution in [2.75, 3.05) is 6.54 Å². The van der Waals surface area contributed by atoms with Crippen molar-refractivity contribution in [1.29, 1.82) is 0 Å².